The van der Waals surface area contributed by atoms with E-state index in [2.05, 4.69) is 0 Å². The van der Waals surface area contributed by atoms with Crippen molar-refractivity contribution in [3.8, 4) is 11.5 Å². The Morgan fingerprint density at radius 1 is 1.35 bits per heavy atom. The van der Waals surface area contributed by atoms with Gasteiger partial charge >= 0.3 is 5.69 Å². The number of ether oxygens (including phenoxy) is 1. The number of nitrogen functional groups attached to an aromatic ring is 1. The standard InChI is InChI=1S/C13H10ClFN2O3/c1-7-2-3-11(17(18)19)13(12(7)15)20-10-5-8(14)4-9(16)6-10/h2-6H,16H2,1H3. The smallest absolute Gasteiger partial charge is 0.314 e. The number of nitrogens with zero attached hydrogens (tertiary/aromatic N) is 1. The topological polar surface area (TPSA) is 78.4 Å². The van der Waals surface area contributed by atoms with Crippen LogP contribution in [0.25, 0.3) is 0 Å². The Kier molecular flexibility index (Phi) is 3.76. The molecule has 0 heterocycles. The maximum absolute atomic E-state index is 14.0. The van der Waals surface area contributed by atoms with E-state index in [0.717, 1.165) is 0 Å². The summed E-state index contributed by atoms with van der Waals surface area (Å²) in [5.41, 5.74) is 5.67. The van der Waals surface area contributed by atoms with E-state index in [9.17, 15) is 14.5 Å². The predicted molar refractivity (Wildman–Crippen MR) is 73.7 cm³/mol. The van der Waals surface area contributed by atoms with Crippen LogP contribution in [0.4, 0.5) is 15.8 Å². The number of hydrogen-bond donors (Lipinski definition) is 1. The maximum Gasteiger partial charge on any atom is 0.314 e. The van der Waals surface area contributed by atoms with Crippen molar-refractivity contribution < 1.29 is 14.1 Å². The van der Waals surface area contributed by atoms with E-state index < -0.39 is 22.2 Å². The Bertz CT molecular complexity index is 671. The van der Waals surface area contributed by atoms with E-state index in [-0.39, 0.29) is 16.3 Å². The number of hydrogen-bond acceptors (Lipinski definition) is 4. The lowest BCUT2D eigenvalue weighted by molar-refractivity contribution is -0.385. The first-order chi connectivity index (χ1) is 9.38. The van der Waals surface area contributed by atoms with Crippen molar-refractivity contribution >= 4 is 23.0 Å². The first-order valence-electron chi connectivity index (χ1n) is 5.56. The Balaban J connectivity index is 2.52. The summed E-state index contributed by atoms with van der Waals surface area (Å²) in [6.07, 6.45) is 0. The number of nitrogens with two attached hydrogens (primary N) is 1. The molecule has 2 aromatic carbocycles. The normalized spacial score (nSPS) is 10.3. The molecule has 0 aliphatic rings. The third kappa shape index (κ3) is 2.80. The van der Waals surface area contributed by atoms with Gasteiger partial charge < -0.3 is 10.5 Å². The van der Waals surface area contributed by atoms with E-state index in [1.54, 1.807) is 0 Å². The number of aryl methyl sites for hydroxylation is 1. The molecule has 0 radical (unpaired) electrons. The van der Waals surface area contributed by atoms with Crippen molar-refractivity contribution in [2.45, 2.75) is 6.92 Å². The van der Waals surface area contributed by atoms with E-state index in [4.69, 9.17) is 22.1 Å². The number of nitro benzene ring substituents is 1. The second kappa shape index (κ2) is 5.34. The summed E-state index contributed by atoms with van der Waals surface area (Å²) >= 11 is 5.80. The van der Waals surface area contributed by atoms with Crippen LogP contribution in [0, 0.1) is 22.9 Å². The molecule has 0 spiro atoms. The molecular formula is C13H10ClFN2O3. The molecule has 0 saturated carbocycles. The monoisotopic (exact) mass is 296 g/mol. The van der Waals surface area contributed by atoms with Crippen LogP contribution in [-0.2, 0) is 0 Å². The second-order valence-electron chi connectivity index (χ2n) is 4.12. The molecule has 2 N–H and O–H groups in total. The van der Waals surface area contributed by atoms with Crippen LogP contribution in [0.1, 0.15) is 5.56 Å². The summed E-state index contributed by atoms with van der Waals surface area (Å²) in [4.78, 5) is 10.2. The number of benzene rings is 2. The minimum absolute atomic E-state index is 0.127. The van der Waals surface area contributed by atoms with Gasteiger partial charge in [-0.15, -0.1) is 0 Å². The average molecular weight is 297 g/mol. The fraction of sp³-hybridized carbons (Fsp3) is 0.0769. The molecule has 104 valence electrons. The maximum atomic E-state index is 14.0. The van der Waals surface area contributed by atoms with Gasteiger partial charge in [-0.25, -0.2) is 4.39 Å². The summed E-state index contributed by atoms with van der Waals surface area (Å²) in [5.74, 6) is -1.13. The van der Waals surface area contributed by atoms with Crippen molar-refractivity contribution in [2.24, 2.45) is 0 Å². The van der Waals surface area contributed by atoms with Crippen molar-refractivity contribution in [3.63, 3.8) is 0 Å². The highest BCUT2D eigenvalue weighted by Gasteiger charge is 2.22. The van der Waals surface area contributed by atoms with Crippen LogP contribution in [-0.4, -0.2) is 4.92 Å². The highest BCUT2D eigenvalue weighted by atomic mass is 35.5. The number of halogens is 2. The number of anilines is 1. The lowest BCUT2D eigenvalue weighted by Gasteiger charge is -2.09. The van der Waals surface area contributed by atoms with Gasteiger partial charge in [0.15, 0.2) is 5.82 Å². The summed E-state index contributed by atoms with van der Waals surface area (Å²) < 4.78 is 19.3. The summed E-state index contributed by atoms with van der Waals surface area (Å²) in [7, 11) is 0. The highest BCUT2D eigenvalue weighted by Crippen LogP contribution is 2.36. The molecule has 5 nitrogen and oxygen atoms in total. The molecule has 0 amide bonds. The largest absolute Gasteiger partial charge is 0.447 e. The molecule has 0 unspecified atom stereocenters. The quantitative estimate of drug-likeness (QED) is 0.526. The minimum Gasteiger partial charge on any atom is -0.447 e. The zero-order chi connectivity index (χ0) is 14.9. The molecule has 0 aromatic heterocycles. The van der Waals surface area contributed by atoms with Gasteiger partial charge in [0.25, 0.3) is 0 Å². The lowest BCUT2D eigenvalue weighted by Crippen LogP contribution is -1.98. The highest BCUT2D eigenvalue weighted by molar-refractivity contribution is 6.31. The number of nitro groups is 1. The predicted octanol–water partition coefficient (Wildman–Crippen LogP) is 4.07. The molecule has 0 bridgehead atoms. The van der Waals surface area contributed by atoms with E-state index in [1.807, 2.05) is 0 Å². The first kappa shape index (κ1) is 14.1. The van der Waals surface area contributed by atoms with Crippen LogP contribution < -0.4 is 10.5 Å². The molecule has 2 aromatic rings. The molecule has 20 heavy (non-hydrogen) atoms. The Labute approximate surface area is 118 Å². The number of rotatable bonds is 3. The first-order valence-corrected chi connectivity index (χ1v) is 5.93. The Morgan fingerprint density at radius 2 is 2.05 bits per heavy atom. The molecule has 0 atom stereocenters. The van der Waals surface area contributed by atoms with Gasteiger partial charge in [0.1, 0.15) is 5.75 Å². The van der Waals surface area contributed by atoms with Gasteiger partial charge in [-0.3, -0.25) is 10.1 Å². The zero-order valence-corrected chi connectivity index (χ0v) is 11.1. The summed E-state index contributed by atoms with van der Waals surface area (Å²) in [5, 5.41) is 11.2. The molecule has 2 rings (SSSR count). The zero-order valence-electron chi connectivity index (χ0n) is 10.4. The van der Waals surface area contributed by atoms with Gasteiger partial charge in [0.05, 0.1) is 4.92 Å². The van der Waals surface area contributed by atoms with Crippen LogP contribution in [0.5, 0.6) is 11.5 Å². The van der Waals surface area contributed by atoms with Crippen LogP contribution in [0.15, 0.2) is 30.3 Å². The van der Waals surface area contributed by atoms with Gasteiger partial charge in [-0.1, -0.05) is 11.6 Å². The SMILES string of the molecule is Cc1ccc([N+](=O)[O-])c(Oc2cc(N)cc(Cl)c2)c1F. The molecule has 0 aliphatic heterocycles. The third-order valence-electron chi connectivity index (χ3n) is 2.58. The van der Waals surface area contributed by atoms with Gasteiger partial charge in [-0.05, 0) is 30.7 Å². The molecule has 7 heteroatoms. The summed E-state index contributed by atoms with van der Waals surface area (Å²) in [6.45, 7) is 1.48. The van der Waals surface area contributed by atoms with E-state index >= 15 is 0 Å². The molecule has 0 saturated heterocycles. The minimum atomic E-state index is -0.794. The second-order valence-corrected chi connectivity index (χ2v) is 4.56. The van der Waals surface area contributed by atoms with Gasteiger partial charge in [-0.2, -0.15) is 0 Å². The molecular weight excluding hydrogens is 287 g/mol. The Morgan fingerprint density at radius 3 is 2.65 bits per heavy atom. The van der Waals surface area contributed by atoms with Crippen molar-refractivity contribution in [2.75, 3.05) is 5.73 Å². The van der Waals surface area contributed by atoms with Crippen LogP contribution in [0.3, 0.4) is 0 Å². The molecule has 0 fully saturated rings. The summed E-state index contributed by atoms with van der Waals surface area (Å²) in [6, 6.07) is 6.77. The van der Waals surface area contributed by atoms with E-state index in [1.165, 1.54) is 37.3 Å². The third-order valence-corrected chi connectivity index (χ3v) is 2.80. The lowest BCUT2D eigenvalue weighted by atomic mass is 10.2. The van der Waals surface area contributed by atoms with Crippen LogP contribution >= 0.6 is 11.6 Å². The van der Waals surface area contributed by atoms with Gasteiger partial charge in [0.2, 0.25) is 5.75 Å². The fourth-order valence-electron chi connectivity index (χ4n) is 1.65. The molecule has 0 aliphatic carbocycles. The average Bonchev–Trinajstić information content (AvgIpc) is 2.33. The van der Waals surface area contributed by atoms with Crippen molar-refractivity contribution in [3.05, 3.63) is 56.8 Å². The van der Waals surface area contributed by atoms with Crippen molar-refractivity contribution in [1.29, 1.82) is 0 Å². The van der Waals surface area contributed by atoms with E-state index in [0.29, 0.717) is 5.69 Å². The van der Waals surface area contributed by atoms with Crippen LogP contribution in [0.2, 0.25) is 5.02 Å². The van der Waals surface area contributed by atoms with Crippen molar-refractivity contribution in [1.82, 2.24) is 0 Å². The fourth-order valence-corrected chi connectivity index (χ4v) is 1.88. The Hall–Kier alpha value is -2.34. The van der Waals surface area contributed by atoms with Gasteiger partial charge in [0, 0.05) is 22.8 Å².